The number of hydrogen-bond acceptors (Lipinski definition) is 5. The highest BCUT2D eigenvalue weighted by Gasteiger charge is 2.51. The predicted octanol–water partition coefficient (Wildman–Crippen LogP) is 2.36. The van der Waals surface area contributed by atoms with Crippen molar-refractivity contribution in [3.63, 3.8) is 0 Å². The molecule has 2 atom stereocenters. The van der Waals surface area contributed by atoms with E-state index < -0.39 is 5.54 Å². The van der Waals surface area contributed by atoms with Crippen molar-refractivity contribution in [3.05, 3.63) is 60.0 Å². The van der Waals surface area contributed by atoms with Gasteiger partial charge < -0.3 is 15.0 Å². The molecule has 30 heavy (non-hydrogen) atoms. The lowest BCUT2D eigenvalue weighted by Gasteiger charge is -2.48. The van der Waals surface area contributed by atoms with Crippen LogP contribution < -0.4 is 10.1 Å². The van der Waals surface area contributed by atoms with E-state index in [1.807, 2.05) is 29.2 Å². The summed E-state index contributed by atoms with van der Waals surface area (Å²) in [7, 11) is 1.63. The standard InChI is InChI=1S/C22H23N5O3/c1-30-16-6-4-15(5-7-16)20-22(10-8-19(28)24-22)9-2-12-26(20)21(29)17-14-18-23-11-3-13-27(18)25-17/h3-7,11,13-14,20H,2,8-10,12H2,1H3,(H,24,28)/t20-,22+/m1/s1. The van der Waals surface area contributed by atoms with E-state index in [0.717, 1.165) is 24.2 Å². The largest absolute Gasteiger partial charge is 0.497 e. The number of nitrogens with one attached hydrogen (secondary N) is 1. The number of ether oxygens (including phenoxy) is 1. The zero-order chi connectivity index (χ0) is 20.7. The summed E-state index contributed by atoms with van der Waals surface area (Å²) in [5.74, 6) is 0.643. The molecule has 8 nitrogen and oxygen atoms in total. The first kappa shape index (κ1) is 18.6. The van der Waals surface area contributed by atoms with Crippen molar-refractivity contribution in [2.45, 2.75) is 37.3 Å². The Morgan fingerprint density at radius 2 is 2.10 bits per heavy atom. The van der Waals surface area contributed by atoms with Gasteiger partial charge in [-0.05, 0) is 43.0 Å². The van der Waals surface area contributed by atoms with Crippen LogP contribution in [0.15, 0.2) is 48.8 Å². The fourth-order valence-electron chi connectivity index (χ4n) is 4.85. The molecule has 0 aliphatic carbocycles. The molecule has 2 aromatic heterocycles. The van der Waals surface area contributed by atoms with Gasteiger partial charge in [-0.25, -0.2) is 9.50 Å². The molecule has 1 spiro atoms. The number of likely N-dealkylation sites (tertiary alicyclic amines) is 1. The molecule has 2 amide bonds. The highest BCUT2D eigenvalue weighted by atomic mass is 16.5. The van der Waals surface area contributed by atoms with Crippen LogP contribution in [-0.2, 0) is 4.79 Å². The Kier molecular flexibility index (Phi) is 4.42. The first-order chi connectivity index (χ1) is 14.6. The first-order valence-electron chi connectivity index (χ1n) is 10.2. The number of benzene rings is 1. The zero-order valence-electron chi connectivity index (χ0n) is 16.7. The Morgan fingerprint density at radius 3 is 2.80 bits per heavy atom. The van der Waals surface area contributed by atoms with Gasteiger partial charge in [-0.15, -0.1) is 0 Å². The maximum Gasteiger partial charge on any atom is 0.275 e. The van der Waals surface area contributed by atoms with Crippen molar-refractivity contribution < 1.29 is 14.3 Å². The van der Waals surface area contributed by atoms with Gasteiger partial charge in [-0.1, -0.05) is 12.1 Å². The van der Waals surface area contributed by atoms with Gasteiger partial charge in [0.1, 0.15) is 5.75 Å². The number of amides is 2. The maximum atomic E-state index is 13.6. The molecular weight excluding hydrogens is 382 g/mol. The minimum Gasteiger partial charge on any atom is -0.497 e. The minimum atomic E-state index is -0.461. The van der Waals surface area contributed by atoms with E-state index in [4.69, 9.17) is 4.74 Å². The van der Waals surface area contributed by atoms with Gasteiger partial charge >= 0.3 is 0 Å². The Hall–Kier alpha value is -3.42. The molecule has 1 aromatic carbocycles. The predicted molar refractivity (Wildman–Crippen MR) is 109 cm³/mol. The Morgan fingerprint density at radius 1 is 1.27 bits per heavy atom. The molecule has 0 saturated carbocycles. The lowest BCUT2D eigenvalue weighted by atomic mass is 9.76. The Labute approximate surface area is 173 Å². The molecule has 2 saturated heterocycles. The van der Waals surface area contributed by atoms with Crippen LogP contribution in [0.4, 0.5) is 0 Å². The van der Waals surface area contributed by atoms with Crippen molar-refractivity contribution in [2.75, 3.05) is 13.7 Å². The number of rotatable bonds is 3. The Balaban J connectivity index is 1.57. The van der Waals surface area contributed by atoms with E-state index >= 15 is 0 Å². The van der Waals surface area contributed by atoms with Crippen molar-refractivity contribution >= 4 is 17.5 Å². The van der Waals surface area contributed by atoms with Gasteiger partial charge in [-0.3, -0.25) is 9.59 Å². The quantitative estimate of drug-likeness (QED) is 0.723. The molecule has 5 rings (SSSR count). The van der Waals surface area contributed by atoms with Crippen LogP contribution in [0, 0.1) is 0 Å². The summed E-state index contributed by atoms with van der Waals surface area (Å²) in [5, 5.41) is 7.64. The highest BCUT2D eigenvalue weighted by molar-refractivity contribution is 5.94. The molecule has 0 radical (unpaired) electrons. The molecule has 2 fully saturated rings. The fraction of sp³-hybridized carbons (Fsp3) is 0.364. The molecule has 1 N–H and O–H groups in total. The molecular formula is C22H23N5O3. The van der Waals surface area contributed by atoms with E-state index in [0.29, 0.717) is 30.7 Å². The maximum absolute atomic E-state index is 13.6. The van der Waals surface area contributed by atoms with E-state index in [2.05, 4.69) is 15.4 Å². The van der Waals surface area contributed by atoms with Gasteiger partial charge in [-0.2, -0.15) is 5.10 Å². The van der Waals surface area contributed by atoms with Crippen LogP contribution in [0.3, 0.4) is 0 Å². The van der Waals surface area contributed by atoms with Gasteiger partial charge in [0.05, 0.1) is 18.7 Å². The van der Waals surface area contributed by atoms with Gasteiger partial charge in [0, 0.05) is 31.4 Å². The van der Waals surface area contributed by atoms with E-state index in [1.165, 1.54) is 0 Å². The second-order valence-corrected chi connectivity index (χ2v) is 7.93. The van der Waals surface area contributed by atoms with E-state index in [1.54, 1.807) is 36.2 Å². The van der Waals surface area contributed by atoms with Crippen LogP contribution in [0.25, 0.3) is 5.65 Å². The van der Waals surface area contributed by atoms with Gasteiger partial charge in [0.15, 0.2) is 11.3 Å². The van der Waals surface area contributed by atoms with Gasteiger partial charge in [0.25, 0.3) is 5.91 Å². The van der Waals surface area contributed by atoms with Crippen LogP contribution in [0.1, 0.15) is 47.8 Å². The number of hydrogen-bond donors (Lipinski definition) is 1. The molecule has 8 heteroatoms. The summed E-state index contributed by atoms with van der Waals surface area (Å²) in [5.41, 5.74) is 1.50. The number of aromatic nitrogens is 3. The summed E-state index contributed by atoms with van der Waals surface area (Å²) in [6.07, 6.45) is 6.30. The third kappa shape index (κ3) is 2.99. The summed E-state index contributed by atoms with van der Waals surface area (Å²) in [6, 6.07) is 11.0. The van der Waals surface area contributed by atoms with Crippen LogP contribution in [0.5, 0.6) is 5.75 Å². The molecule has 0 unspecified atom stereocenters. The lowest BCUT2D eigenvalue weighted by molar-refractivity contribution is -0.120. The number of carbonyl (C=O) groups excluding carboxylic acids is 2. The molecule has 154 valence electrons. The van der Waals surface area contributed by atoms with E-state index in [9.17, 15) is 9.59 Å². The van der Waals surface area contributed by atoms with Crippen LogP contribution >= 0.6 is 0 Å². The Bertz CT molecular complexity index is 1080. The minimum absolute atomic E-state index is 0.0414. The molecule has 2 aliphatic rings. The van der Waals surface area contributed by atoms with Crippen molar-refractivity contribution in [1.82, 2.24) is 24.8 Å². The molecule has 2 aliphatic heterocycles. The van der Waals surface area contributed by atoms with Crippen molar-refractivity contribution in [1.29, 1.82) is 0 Å². The number of methoxy groups -OCH3 is 1. The number of nitrogens with zero attached hydrogens (tertiary/aromatic N) is 4. The average Bonchev–Trinajstić information content (AvgIpc) is 3.37. The average molecular weight is 405 g/mol. The molecule has 4 heterocycles. The smallest absolute Gasteiger partial charge is 0.275 e. The monoisotopic (exact) mass is 405 g/mol. The SMILES string of the molecule is COc1ccc([C@H]2N(C(=O)c3cc4ncccn4n3)CCC[C@]23CCC(=O)N3)cc1. The third-order valence-electron chi connectivity index (χ3n) is 6.19. The lowest BCUT2D eigenvalue weighted by Crippen LogP contribution is -2.58. The van der Waals surface area contributed by atoms with Crippen LogP contribution in [-0.4, -0.2) is 50.5 Å². The van der Waals surface area contributed by atoms with Crippen molar-refractivity contribution in [3.8, 4) is 5.75 Å². The zero-order valence-corrected chi connectivity index (χ0v) is 16.7. The fourth-order valence-corrected chi connectivity index (χ4v) is 4.85. The first-order valence-corrected chi connectivity index (χ1v) is 10.2. The summed E-state index contributed by atoms with van der Waals surface area (Å²) in [6.45, 7) is 0.606. The molecule has 3 aromatic rings. The number of fused-ring (bicyclic) bond motifs is 1. The van der Waals surface area contributed by atoms with Gasteiger partial charge in [0.2, 0.25) is 5.91 Å². The summed E-state index contributed by atoms with van der Waals surface area (Å²) >= 11 is 0. The third-order valence-corrected chi connectivity index (χ3v) is 6.19. The highest BCUT2D eigenvalue weighted by Crippen LogP contribution is 2.45. The second-order valence-electron chi connectivity index (χ2n) is 7.93. The van der Waals surface area contributed by atoms with Crippen molar-refractivity contribution in [2.24, 2.45) is 0 Å². The van der Waals surface area contributed by atoms with E-state index in [-0.39, 0.29) is 17.9 Å². The topological polar surface area (TPSA) is 88.8 Å². The molecule has 0 bridgehead atoms. The summed E-state index contributed by atoms with van der Waals surface area (Å²) in [4.78, 5) is 31.9. The number of piperidine rings is 1. The normalized spacial score (nSPS) is 23.7. The van der Waals surface area contributed by atoms with Crippen LogP contribution in [0.2, 0.25) is 0 Å². The second kappa shape index (κ2) is 7.12. The number of carbonyl (C=O) groups is 2. The summed E-state index contributed by atoms with van der Waals surface area (Å²) < 4.78 is 6.90.